The van der Waals surface area contributed by atoms with Gasteiger partial charge in [0.05, 0.1) is 20.2 Å². The molecule has 0 aliphatic rings. The van der Waals surface area contributed by atoms with Crippen molar-refractivity contribution in [3.8, 4) is 11.5 Å². The Morgan fingerprint density at radius 3 is 2.25 bits per heavy atom. The first-order valence-corrected chi connectivity index (χ1v) is 8.24. The SMILES string of the molecule is CCCCN(C)C(=O)CN(CCOc1ccc(OC)cc1)C(C)=O. The van der Waals surface area contributed by atoms with Crippen LogP contribution in [-0.4, -0.2) is 62.0 Å². The van der Waals surface area contributed by atoms with Crippen LogP contribution in [0.15, 0.2) is 24.3 Å². The van der Waals surface area contributed by atoms with Gasteiger partial charge in [0.2, 0.25) is 11.8 Å². The lowest BCUT2D eigenvalue weighted by Crippen LogP contribution is -2.42. The van der Waals surface area contributed by atoms with E-state index in [9.17, 15) is 9.59 Å². The maximum atomic E-state index is 12.1. The van der Waals surface area contributed by atoms with E-state index in [4.69, 9.17) is 9.47 Å². The van der Waals surface area contributed by atoms with Crippen molar-refractivity contribution in [2.45, 2.75) is 26.7 Å². The number of methoxy groups -OCH3 is 1. The van der Waals surface area contributed by atoms with Crippen LogP contribution in [0, 0.1) is 0 Å². The number of carbonyl (C=O) groups excluding carboxylic acids is 2. The van der Waals surface area contributed by atoms with Crippen LogP contribution < -0.4 is 9.47 Å². The molecule has 0 saturated heterocycles. The van der Waals surface area contributed by atoms with E-state index < -0.39 is 0 Å². The predicted molar refractivity (Wildman–Crippen MR) is 93.3 cm³/mol. The number of nitrogens with zero attached hydrogens (tertiary/aromatic N) is 2. The van der Waals surface area contributed by atoms with Crippen molar-refractivity contribution in [1.29, 1.82) is 0 Å². The Balaban J connectivity index is 2.45. The molecule has 1 aromatic rings. The molecule has 0 saturated carbocycles. The second-order valence-corrected chi connectivity index (χ2v) is 5.63. The summed E-state index contributed by atoms with van der Waals surface area (Å²) in [6.45, 7) is 5.04. The summed E-state index contributed by atoms with van der Waals surface area (Å²) >= 11 is 0. The first-order valence-electron chi connectivity index (χ1n) is 8.24. The van der Waals surface area contributed by atoms with Gasteiger partial charge in [0.25, 0.3) is 0 Å². The van der Waals surface area contributed by atoms with E-state index in [1.54, 1.807) is 31.2 Å². The number of unbranched alkanes of at least 4 members (excludes halogenated alkanes) is 1. The van der Waals surface area contributed by atoms with Crippen LogP contribution in [0.1, 0.15) is 26.7 Å². The summed E-state index contributed by atoms with van der Waals surface area (Å²) in [4.78, 5) is 27.0. The summed E-state index contributed by atoms with van der Waals surface area (Å²) in [5, 5.41) is 0. The van der Waals surface area contributed by atoms with Gasteiger partial charge in [-0.2, -0.15) is 0 Å². The molecule has 1 rings (SSSR count). The zero-order chi connectivity index (χ0) is 17.9. The number of likely N-dealkylation sites (N-methyl/N-ethyl adjacent to an activating group) is 1. The summed E-state index contributed by atoms with van der Waals surface area (Å²) in [6.07, 6.45) is 1.99. The normalized spacial score (nSPS) is 10.2. The Labute approximate surface area is 144 Å². The van der Waals surface area contributed by atoms with Crippen molar-refractivity contribution in [3.63, 3.8) is 0 Å². The lowest BCUT2D eigenvalue weighted by Gasteiger charge is -2.24. The van der Waals surface area contributed by atoms with Crippen molar-refractivity contribution in [2.75, 3.05) is 40.4 Å². The fourth-order valence-electron chi connectivity index (χ4n) is 2.10. The van der Waals surface area contributed by atoms with E-state index >= 15 is 0 Å². The monoisotopic (exact) mass is 336 g/mol. The van der Waals surface area contributed by atoms with Crippen molar-refractivity contribution in [2.24, 2.45) is 0 Å². The van der Waals surface area contributed by atoms with Crippen LogP contribution in [0.5, 0.6) is 11.5 Å². The van der Waals surface area contributed by atoms with Crippen molar-refractivity contribution >= 4 is 11.8 Å². The highest BCUT2D eigenvalue weighted by atomic mass is 16.5. The van der Waals surface area contributed by atoms with E-state index in [2.05, 4.69) is 6.92 Å². The van der Waals surface area contributed by atoms with Gasteiger partial charge in [-0.25, -0.2) is 0 Å². The molecule has 0 N–H and O–H groups in total. The Morgan fingerprint density at radius 1 is 1.08 bits per heavy atom. The zero-order valence-corrected chi connectivity index (χ0v) is 15.1. The van der Waals surface area contributed by atoms with Crippen LogP contribution in [0.25, 0.3) is 0 Å². The summed E-state index contributed by atoms with van der Waals surface area (Å²) in [7, 11) is 3.37. The lowest BCUT2D eigenvalue weighted by molar-refractivity contribution is -0.138. The van der Waals surface area contributed by atoms with Crippen molar-refractivity contribution in [1.82, 2.24) is 9.80 Å². The van der Waals surface area contributed by atoms with Gasteiger partial charge >= 0.3 is 0 Å². The Morgan fingerprint density at radius 2 is 1.71 bits per heavy atom. The lowest BCUT2D eigenvalue weighted by atomic mass is 10.3. The second-order valence-electron chi connectivity index (χ2n) is 5.63. The molecule has 0 radical (unpaired) electrons. The molecule has 0 heterocycles. The third-order valence-electron chi connectivity index (χ3n) is 3.73. The molecule has 0 unspecified atom stereocenters. The van der Waals surface area contributed by atoms with Crippen LogP contribution >= 0.6 is 0 Å². The van der Waals surface area contributed by atoms with Crippen molar-refractivity contribution in [3.05, 3.63) is 24.3 Å². The third kappa shape index (κ3) is 6.89. The van der Waals surface area contributed by atoms with Gasteiger partial charge in [-0.3, -0.25) is 9.59 Å². The molecule has 1 aromatic carbocycles. The van der Waals surface area contributed by atoms with E-state index in [-0.39, 0.29) is 18.4 Å². The van der Waals surface area contributed by atoms with Gasteiger partial charge in [0.1, 0.15) is 18.1 Å². The average Bonchev–Trinajstić information content (AvgIpc) is 2.58. The van der Waals surface area contributed by atoms with Crippen LogP contribution in [0.3, 0.4) is 0 Å². The molecule has 6 heteroatoms. The van der Waals surface area contributed by atoms with Gasteiger partial charge in [0, 0.05) is 20.5 Å². The molecule has 2 amide bonds. The smallest absolute Gasteiger partial charge is 0.241 e. The molecule has 0 aliphatic carbocycles. The Bertz CT molecular complexity index is 516. The fraction of sp³-hybridized carbons (Fsp3) is 0.556. The van der Waals surface area contributed by atoms with Gasteiger partial charge in [-0.15, -0.1) is 0 Å². The average molecular weight is 336 g/mol. The van der Waals surface area contributed by atoms with E-state index in [0.717, 1.165) is 18.6 Å². The minimum Gasteiger partial charge on any atom is -0.497 e. The Kier molecular flexibility index (Phi) is 8.68. The zero-order valence-electron chi connectivity index (χ0n) is 15.1. The molecule has 0 fully saturated rings. The van der Waals surface area contributed by atoms with Gasteiger partial charge < -0.3 is 19.3 Å². The minimum absolute atomic E-state index is 0.0527. The van der Waals surface area contributed by atoms with Crippen LogP contribution in [0.2, 0.25) is 0 Å². The molecule has 0 atom stereocenters. The second kappa shape index (κ2) is 10.5. The summed E-state index contributed by atoms with van der Waals surface area (Å²) in [5.74, 6) is 1.27. The molecule has 134 valence electrons. The summed E-state index contributed by atoms with van der Waals surface area (Å²) in [5.41, 5.74) is 0. The number of amides is 2. The Hall–Kier alpha value is -2.24. The van der Waals surface area contributed by atoms with E-state index in [1.165, 1.54) is 11.8 Å². The van der Waals surface area contributed by atoms with Crippen LogP contribution in [0.4, 0.5) is 0 Å². The van der Waals surface area contributed by atoms with Gasteiger partial charge in [-0.05, 0) is 30.7 Å². The third-order valence-corrected chi connectivity index (χ3v) is 3.73. The molecular formula is C18H28N2O4. The summed E-state index contributed by atoms with van der Waals surface area (Å²) < 4.78 is 10.7. The molecule has 0 aliphatic heterocycles. The maximum absolute atomic E-state index is 12.1. The standard InChI is InChI=1S/C18H28N2O4/c1-5-6-11-19(3)18(22)14-20(15(2)21)12-13-24-17-9-7-16(23-4)8-10-17/h7-10H,5-6,11-14H2,1-4H3. The molecule has 0 spiro atoms. The highest BCUT2D eigenvalue weighted by Gasteiger charge is 2.16. The number of ether oxygens (including phenoxy) is 2. The first-order chi connectivity index (χ1) is 11.5. The largest absolute Gasteiger partial charge is 0.497 e. The quantitative estimate of drug-likeness (QED) is 0.657. The van der Waals surface area contributed by atoms with E-state index in [1.807, 2.05) is 12.1 Å². The molecule has 0 bridgehead atoms. The molecule has 24 heavy (non-hydrogen) atoms. The maximum Gasteiger partial charge on any atom is 0.241 e. The highest BCUT2D eigenvalue weighted by molar-refractivity contribution is 5.83. The number of carbonyl (C=O) groups is 2. The van der Waals surface area contributed by atoms with Crippen molar-refractivity contribution < 1.29 is 19.1 Å². The van der Waals surface area contributed by atoms with E-state index in [0.29, 0.717) is 25.4 Å². The van der Waals surface area contributed by atoms with Crippen LogP contribution in [-0.2, 0) is 9.59 Å². The predicted octanol–water partition coefficient (Wildman–Crippen LogP) is 2.18. The molecule has 6 nitrogen and oxygen atoms in total. The topological polar surface area (TPSA) is 59.1 Å². The van der Waals surface area contributed by atoms with Gasteiger partial charge in [0.15, 0.2) is 0 Å². The highest BCUT2D eigenvalue weighted by Crippen LogP contribution is 2.16. The molecule has 0 aromatic heterocycles. The number of benzene rings is 1. The number of hydrogen-bond donors (Lipinski definition) is 0. The first kappa shape index (κ1) is 19.8. The summed E-state index contributed by atoms with van der Waals surface area (Å²) in [6, 6.07) is 7.23. The van der Waals surface area contributed by atoms with Gasteiger partial charge in [-0.1, -0.05) is 13.3 Å². The number of rotatable bonds is 10. The number of hydrogen-bond acceptors (Lipinski definition) is 4. The fourth-order valence-corrected chi connectivity index (χ4v) is 2.10. The molecular weight excluding hydrogens is 308 g/mol. The minimum atomic E-state index is -0.134.